The van der Waals surface area contributed by atoms with Crippen LogP contribution in [0.5, 0.6) is 0 Å². The van der Waals surface area contributed by atoms with Crippen LogP contribution in [0.3, 0.4) is 0 Å². The molecule has 0 aliphatic carbocycles. The van der Waals surface area contributed by atoms with Crippen LogP contribution < -0.4 is 0 Å². The zero-order valence-corrected chi connectivity index (χ0v) is 9.34. The third-order valence-electron chi connectivity index (χ3n) is 1.98. The van der Waals surface area contributed by atoms with Crippen molar-refractivity contribution in [3.63, 3.8) is 0 Å². The fourth-order valence-electron chi connectivity index (χ4n) is 1.32. The number of nitrogens with zero attached hydrogens (tertiary/aromatic N) is 4. The molecule has 0 radical (unpaired) electrons. The highest BCUT2D eigenvalue weighted by atomic mass is 16.5. The number of nitrogens with one attached hydrogen (secondary N) is 1. The molecular formula is C9H11N5O3. The number of hydrogen-bond donors (Lipinski definition) is 2. The molecule has 0 unspecified atom stereocenters. The fourth-order valence-corrected chi connectivity index (χ4v) is 1.32. The lowest BCUT2D eigenvalue weighted by molar-refractivity contribution is 0.0691. The Bertz CT molecular complexity index is 530. The summed E-state index contributed by atoms with van der Waals surface area (Å²) < 4.78 is 4.98. The molecule has 2 heterocycles. The predicted octanol–water partition coefficient (Wildman–Crippen LogP) is 0.219. The van der Waals surface area contributed by atoms with E-state index in [0.29, 0.717) is 12.4 Å². The van der Waals surface area contributed by atoms with Gasteiger partial charge >= 0.3 is 5.97 Å². The van der Waals surface area contributed by atoms with Gasteiger partial charge < -0.3 is 19.5 Å². The van der Waals surface area contributed by atoms with Crippen LogP contribution in [0, 0.1) is 0 Å². The molecule has 0 fully saturated rings. The van der Waals surface area contributed by atoms with Crippen molar-refractivity contribution in [2.75, 3.05) is 14.1 Å². The predicted molar refractivity (Wildman–Crippen MR) is 56.2 cm³/mol. The minimum Gasteiger partial charge on any atom is -0.476 e. The van der Waals surface area contributed by atoms with E-state index in [1.807, 2.05) is 19.0 Å². The third-order valence-corrected chi connectivity index (χ3v) is 1.98. The van der Waals surface area contributed by atoms with E-state index in [2.05, 4.69) is 20.1 Å². The molecule has 17 heavy (non-hydrogen) atoms. The van der Waals surface area contributed by atoms with Gasteiger partial charge in [0.05, 0.1) is 12.9 Å². The molecular weight excluding hydrogens is 226 g/mol. The zero-order valence-electron chi connectivity index (χ0n) is 9.34. The van der Waals surface area contributed by atoms with Crippen LogP contribution in [0.4, 0.5) is 0 Å². The first kappa shape index (κ1) is 11.3. The lowest BCUT2D eigenvalue weighted by Gasteiger charge is -2.03. The number of carboxylic acids is 1. The van der Waals surface area contributed by atoms with Crippen LogP contribution in [0.25, 0.3) is 11.6 Å². The Balaban J connectivity index is 2.30. The highest BCUT2D eigenvalue weighted by Crippen LogP contribution is 2.18. The molecule has 0 aliphatic rings. The van der Waals surface area contributed by atoms with E-state index in [9.17, 15) is 4.79 Å². The number of carboxylic acid groups (broad SMARTS) is 1. The summed E-state index contributed by atoms with van der Waals surface area (Å²) in [6.45, 7) is 0.514. The molecule has 0 aromatic carbocycles. The Morgan fingerprint density at radius 3 is 3.00 bits per heavy atom. The monoisotopic (exact) mass is 237 g/mol. The molecule has 2 aromatic rings. The minimum atomic E-state index is -1.14. The summed E-state index contributed by atoms with van der Waals surface area (Å²) in [5.74, 6) is -0.540. The summed E-state index contributed by atoms with van der Waals surface area (Å²) in [4.78, 5) is 23.2. The summed E-state index contributed by atoms with van der Waals surface area (Å²) in [6, 6.07) is 0. The molecule has 8 nitrogen and oxygen atoms in total. The molecule has 8 heteroatoms. The number of rotatable bonds is 4. The van der Waals surface area contributed by atoms with Crippen LogP contribution in [-0.2, 0) is 6.54 Å². The Morgan fingerprint density at radius 2 is 2.35 bits per heavy atom. The number of imidazole rings is 1. The summed E-state index contributed by atoms with van der Waals surface area (Å²) in [5, 5.41) is 12.6. The van der Waals surface area contributed by atoms with E-state index in [-0.39, 0.29) is 17.3 Å². The van der Waals surface area contributed by atoms with Crippen molar-refractivity contribution in [1.82, 2.24) is 25.0 Å². The molecule has 0 saturated carbocycles. The van der Waals surface area contributed by atoms with Gasteiger partial charge in [0.25, 0.3) is 5.89 Å². The van der Waals surface area contributed by atoms with Gasteiger partial charge in [0, 0.05) is 0 Å². The first-order chi connectivity index (χ1) is 8.08. The summed E-state index contributed by atoms with van der Waals surface area (Å²) in [7, 11) is 3.74. The molecule has 90 valence electrons. The Labute approximate surface area is 96.3 Å². The second-order valence-corrected chi connectivity index (χ2v) is 3.68. The van der Waals surface area contributed by atoms with Crippen LogP contribution in [-0.4, -0.2) is 50.2 Å². The number of aromatic carboxylic acids is 1. The second-order valence-electron chi connectivity index (χ2n) is 3.68. The van der Waals surface area contributed by atoms with E-state index < -0.39 is 5.97 Å². The molecule has 2 aromatic heterocycles. The van der Waals surface area contributed by atoms with Gasteiger partial charge in [0.1, 0.15) is 5.69 Å². The quantitative estimate of drug-likeness (QED) is 0.782. The minimum absolute atomic E-state index is 0.122. The summed E-state index contributed by atoms with van der Waals surface area (Å²) in [5.41, 5.74) is 0.0834. The molecule has 0 aliphatic heterocycles. The smallest absolute Gasteiger partial charge is 0.356 e. The summed E-state index contributed by atoms with van der Waals surface area (Å²) >= 11 is 0. The van der Waals surface area contributed by atoms with Gasteiger partial charge in [-0.15, -0.1) is 0 Å². The van der Waals surface area contributed by atoms with Crippen molar-refractivity contribution in [1.29, 1.82) is 0 Å². The summed E-state index contributed by atoms with van der Waals surface area (Å²) in [6.07, 6.45) is 1.27. The number of aromatic amines is 1. The van der Waals surface area contributed by atoms with E-state index in [1.54, 1.807) is 0 Å². The lowest BCUT2D eigenvalue weighted by Crippen LogP contribution is -2.11. The average molecular weight is 237 g/mol. The highest BCUT2D eigenvalue weighted by molar-refractivity contribution is 5.91. The molecule has 0 bridgehead atoms. The molecule has 0 amide bonds. The van der Waals surface area contributed by atoms with Crippen LogP contribution in [0.15, 0.2) is 10.9 Å². The molecule has 2 rings (SSSR count). The number of aromatic nitrogens is 4. The third kappa shape index (κ3) is 2.31. The SMILES string of the molecule is CN(C)Cc1noc(-c2[nH]cnc2C(=O)O)n1. The number of hydrogen-bond acceptors (Lipinski definition) is 6. The van der Waals surface area contributed by atoms with Gasteiger partial charge in [-0.3, -0.25) is 0 Å². The molecule has 0 saturated heterocycles. The van der Waals surface area contributed by atoms with E-state index >= 15 is 0 Å². The Kier molecular flexibility index (Phi) is 2.88. The second kappa shape index (κ2) is 4.34. The van der Waals surface area contributed by atoms with Crippen LogP contribution in [0.2, 0.25) is 0 Å². The van der Waals surface area contributed by atoms with E-state index in [4.69, 9.17) is 9.63 Å². The molecule has 0 spiro atoms. The average Bonchev–Trinajstić information content (AvgIpc) is 2.82. The van der Waals surface area contributed by atoms with Gasteiger partial charge in [0.2, 0.25) is 0 Å². The Morgan fingerprint density at radius 1 is 1.59 bits per heavy atom. The first-order valence-electron chi connectivity index (χ1n) is 4.82. The maximum atomic E-state index is 10.9. The number of H-pyrrole nitrogens is 1. The van der Waals surface area contributed by atoms with E-state index in [0.717, 1.165) is 0 Å². The first-order valence-corrected chi connectivity index (χ1v) is 4.82. The lowest BCUT2D eigenvalue weighted by atomic mass is 10.3. The van der Waals surface area contributed by atoms with Crippen molar-refractivity contribution >= 4 is 5.97 Å². The number of carbonyl (C=O) groups is 1. The topological polar surface area (TPSA) is 108 Å². The largest absolute Gasteiger partial charge is 0.476 e. The molecule has 2 N–H and O–H groups in total. The van der Waals surface area contributed by atoms with Crippen molar-refractivity contribution in [3.05, 3.63) is 17.8 Å². The van der Waals surface area contributed by atoms with Crippen molar-refractivity contribution in [2.45, 2.75) is 6.54 Å². The van der Waals surface area contributed by atoms with Crippen molar-refractivity contribution in [3.8, 4) is 11.6 Å². The highest BCUT2D eigenvalue weighted by Gasteiger charge is 2.20. The van der Waals surface area contributed by atoms with Crippen molar-refractivity contribution in [2.24, 2.45) is 0 Å². The molecule has 0 atom stereocenters. The van der Waals surface area contributed by atoms with Gasteiger partial charge in [-0.25, -0.2) is 9.78 Å². The van der Waals surface area contributed by atoms with Crippen LogP contribution in [0.1, 0.15) is 16.3 Å². The van der Waals surface area contributed by atoms with Gasteiger partial charge in [0.15, 0.2) is 11.5 Å². The van der Waals surface area contributed by atoms with Gasteiger partial charge in [-0.1, -0.05) is 5.16 Å². The van der Waals surface area contributed by atoms with E-state index in [1.165, 1.54) is 6.33 Å². The maximum absolute atomic E-state index is 10.9. The normalized spacial score (nSPS) is 11.0. The Hall–Kier alpha value is -2.22. The van der Waals surface area contributed by atoms with Gasteiger partial charge in [-0.2, -0.15) is 4.98 Å². The maximum Gasteiger partial charge on any atom is 0.356 e. The van der Waals surface area contributed by atoms with Crippen molar-refractivity contribution < 1.29 is 14.4 Å². The zero-order chi connectivity index (χ0) is 12.4. The fraction of sp³-hybridized carbons (Fsp3) is 0.333. The standard InChI is InChI=1S/C9H11N5O3/c1-14(2)3-5-12-8(17-13-5)6-7(9(15)16)11-4-10-6/h4H,3H2,1-2H3,(H,10,11)(H,15,16). The van der Waals surface area contributed by atoms with Crippen LogP contribution >= 0.6 is 0 Å². The van der Waals surface area contributed by atoms with Gasteiger partial charge in [-0.05, 0) is 14.1 Å².